The largest absolute Gasteiger partial charge is 0.368 e. The number of hydrogen-bond donors (Lipinski definition) is 1. The number of rotatable bonds is 6. The molecule has 1 aromatic heterocycles. The fourth-order valence-corrected chi connectivity index (χ4v) is 8.18. The van der Waals surface area contributed by atoms with Gasteiger partial charge in [0.05, 0.1) is 6.61 Å². The Bertz CT molecular complexity index is 1470. The van der Waals surface area contributed by atoms with Gasteiger partial charge in [0, 0.05) is 29.9 Å². The smallest absolute Gasteiger partial charge is 0.351 e. The quantitative estimate of drug-likeness (QED) is 0.443. The van der Waals surface area contributed by atoms with Crippen LogP contribution in [0.3, 0.4) is 0 Å². The first kappa shape index (κ1) is 26.0. The van der Waals surface area contributed by atoms with E-state index in [9.17, 15) is 9.59 Å². The Morgan fingerprint density at radius 2 is 1.90 bits per heavy atom. The van der Waals surface area contributed by atoms with Crippen molar-refractivity contribution in [2.75, 3.05) is 18.5 Å². The number of fused-ring (bicyclic) bond motifs is 3. The van der Waals surface area contributed by atoms with Crippen LogP contribution in [0.2, 0.25) is 0 Å². The third-order valence-corrected chi connectivity index (χ3v) is 9.91. The van der Waals surface area contributed by atoms with Gasteiger partial charge in [-0.15, -0.1) is 0 Å². The molecule has 1 N–H and O–H groups in total. The predicted molar refractivity (Wildman–Crippen MR) is 148 cm³/mol. The molecule has 10 nitrogen and oxygen atoms in total. The van der Waals surface area contributed by atoms with Crippen LogP contribution in [0, 0.1) is 6.92 Å². The van der Waals surface area contributed by atoms with Crippen LogP contribution in [0.15, 0.2) is 71.7 Å². The summed E-state index contributed by atoms with van der Waals surface area (Å²) < 4.78 is 29.6. The minimum Gasteiger partial charge on any atom is -0.368 e. The van der Waals surface area contributed by atoms with Crippen molar-refractivity contribution in [2.45, 2.75) is 62.9 Å². The van der Waals surface area contributed by atoms with Crippen LogP contribution in [0.4, 0.5) is 5.82 Å². The first-order chi connectivity index (χ1) is 19.4. The molecular weight excluding hydrogens is 531 g/mol. The van der Waals surface area contributed by atoms with E-state index in [1.807, 2.05) is 31.2 Å². The van der Waals surface area contributed by atoms with Crippen LogP contribution in [0.25, 0.3) is 0 Å². The van der Waals surface area contributed by atoms with Crippen molar-refractivity contribution >= 4 is 20.3 Å². The van der Waals surface area contributed by atoms with E-state index in [0.29, 0.717) is 17.7 Å². The highest BCUT2D eigenvalue weighted by Crippen LogP contribution is 2.63. The first-order valence-corrected chi connectivity index (χ1v) is 14.8. The standard InChI is InChI=1S/C29H31N4O6P/c1-18-16-32(28(35)31-25(18)30-26(34)20-12-7-4-8-13-20)27-23-24(29(2,37-27)17-36-23)39-40-33-15-9-14-21(33)22(38-40)19-10-5-3-6-11-19/h3-8,10-13,16,21-24,27H,9,14-15,17H2,1-2H3,(H,30,31,34,35)/t21-,22+,23+,24?,27-,29+,40+/m1/s1. The number of benzene rings is 2. The van der Waals surface area contributed by atoms with Crippen LogP contribution in [0.5, 0.6) is 0 Å². The van der Waals surface area contributed by atoms with Gasteiger partial charge in [-0.2, -0.15) is 4.98 Å². The number of aryl methyl sites for hydroxylation is 1. The summed E-state index contributed by atoms with van der Waals surface area (Å²) in [7, 11) is -1.32. The highest BCUT2D eigenvalue weighted by molar-refractivity contribution is 7.45. The van der Waals surface area contributed by atoms with Gasteiger partial charge in [0.2, 0.25) is 0 Å². The molecule has 4 aliphatic heterocycles. The van der Waals surface area contributed by atoms with E-state index in [2.05, 4.69) is 27.1 Å². The van der Waals surface area contributed by atoms with Crippen LogP contribution < -0.4 is 11.0 Å². The molecule has 2 bridgehead atoms. The number of nitrogens with zero attached hydrogens (tertiary/aromatic N) is 3. The van der Waals surface area contributed by atoms with Crippen LogP contribution in [0.1, 0.15) is 53.6 Å². The highest BCUT2D eigenvalue weighted by Gasteiger charge is 2.63. The average Bonchev–Trinajstić information content (AvgIpc) is 3.71. The van der Waals surface area contributed by atoms with Crippen molar-refractivity contribution in [1.29, 1.82) is 0 Å². The molecular formula is C29H31N4O6P. The summed E-state index contributed by atoms with van der Waals surface area (Å²) in [5.74, 6) is -0.116. The van der Waals surface area contributed by atoms with Crippen molar-refractivity contribution in [3.05, 3.63) is 94.0 Å². The molecule has 0 radical (unpaired) electrons. The van der Waals surface area contributed by atoms with Gasteiger partial charge in [-0.1, -0.05) is 48.5 Å². The Morgan fingerprint density at radius 3 is 2.67 bits per heavy atom. The molecule has 5 heterocycles. The SMILES string of the molecule is Cc1cn([C@@H]2O[C@@]3(C)CO[C@H]2C3O[P@]2O[C@@H](c3ccccc3)[C@H]3CCCN32)c(=O)nc1NC(=O)c1ccccc1. The van der Waals surface area contributed by atoms with Gasteiger partial charge >= 0.3 is 5.69 Å². The summed E-state index contributed by atoms with van der Waals surface area (Å²) >= 11 is 0. The predicted octanol–water partition coefficient (Wildman–Crippen LogP) is 4.34. The summed E-state index contributed by atoms with van der Waals surface area (Å²) in [4.78, 5) is 30.0. The van der Waals surface area contributed by atoms with E-state index in [4.69, 9.17) is 18.5 Å². The number of carbonyl (C=O) groups excluding carboxylic acids is 1. The zero-order chi connectivity index (χ0) is 27.4. The minimum absolute atomic E-state index is 0.0348. The lowest BCUT2D eigenvalue weighted by Crippen LogP contribution is -2.39. The number of carbonyl (C=O) groups is 1. The van der Waals surface area contributed by atoms with Gasteiger partial charge in [0.1, 0.15) is 29.7 Å². The van der Waals surface area contributed by atoms with E-state index >= 15 is 0 Å². The zero-order valence-corrected chi connectivity index (χ0v) is 23.2. The maximum absolute atomic E-state index is 13.2. The Hall–Kier alpha value is -2.98. The van der Waals surface area contributed by atoms with Crippen LogP contribution in [-0.2, 0) is 18.5 Å². The molecule has 4 saturated heterocycles. The zero-order valence-electron chi connectivity index (χ0n) is 22.3. The van der Waals surface area contributed by atoms with Gasteiger partial charge in [-0.3, -0.25) is 9.36 Å². The number of hydrogen-bond acceptors (Lipinski definition) is 8. The lowest BCUT2D eigenvalue weighted by atomic mass is 10.0. The number of nitrogens with one attached hydrogen (secondary N) is 1. The molecule has 2 aromatic carbocycles. The molecule has 0 spiro atoms. The third kappa shape index (κ3) is 4.40. The summed E-state index contributed by atoms with van der Waals surface area (Å²) in [5.41, 5.74) is 0.994. The normalized spacial score (nSPS) is 32.9. The van der Waals surface area contributed by atoms with Gasteiger partial charge < -0.3 is 23.8 Å². The lowest BCUT2D eigenvalue weighted by Gasteiger charge is -2.29. The van der Waals surface area contributed by atoms with Crippen molar-refractivity contribution < 1.29 is 23.3 Å². The molecule has 40 heavy (non-hydrogen) atoms. The monoisotopic (exact) mass is 562 g/mol. The van der Waals surface area contributed by atoms with Gasteiger partial charge in [-0.05, 0) is 44.4 Å². The van der Waals surface area contributed by atoms with E-state index in [0.717, 1.165) is 24.9 Å². The van der Waals surface area contributed by atoms with E-state index < -0.39 is 38.3 Å². The molecule has 4 aliphatic rings. The Morgan fingerprint density at radius 1 is 1.15 bits per heavy atom. The molecule has 0 aliphatic carbocycles. The summed E-state index contributed by atoms with van der Waals surface area (Å²) in [6, 6.07) is 19.4. The van der Waals surface area contributed by atoms with Crippen LogP contribution in [-0.4, -0.2) is 57.1 Å². The van der Waals surface area contributed by atoms with Crippen molar-refractivity contribution in [2.24, 2.45) is 0 Å². The summed E-state index contributed by atoms with van der Waals surface area (Å²) in [6.07, 6.45) is 2.17. The molecule has 1 unspecified atom stereocenters. The van der Waals surface area contributed by atoms with E-state index in [1.165, 1.54) is 4.57 Å². The van der Waals surface area contributed by atoms with E-state index in [-0.39, 0.29) is 23.9 Å². The number of amides is 1. The minimum atomic E-state index is -1.32. The molecule has 0 saturated carbocycles. The Kier molecular flexibility index (Phi) is 6.58. The molecule has 7 rings (SSSR count). The molecule has 11 heteroatoms. The number of ether oxygens (including phenoxy) is 2. The van der Waals surface area contributed by atoms with Crippen LogP contribution >= 0.6 is 8.53 Å². The Balaban J connectivity index is 1.10. The van der Waals surface area contributed by atoms with Gasteiger partial charge in [0.25, 0.3) is 14.4 Å². The average molecular weight is 563 g/mol. The second kappa shape index (κ2) is 10.1. The van der Waals surface area contributed by atoms with Crippen molar-refractivity contribution in [3.8, 4) is 0 Å². The number of anilines is 1. The lowest BCUT2D eigenvalue weighted by molar-refractivity contribution is -0.167. The maximum Gasteiger partial charge on any atom is 0.351 e. The number of aromatic nitrogens is 2. The fourth-order valence-electron chi connectivity index (χ4n) is 6.11. The van der Waals surface area contributed by atoms with E-state index in [1.54, 1.807) is 37.4 Å². The summed E-state index contributed by atoms with van der Waals surface area (Å²) in [5, 5.41) is 2.74. The third-order valence-electron chi connectivity index (χ3n) is 8.18. The summed E-state index contributed by atoms with van der Waals surface area (Å²) in [6.45, 7) is 5.04. The first-order valence-electron chi connectivity index (χ1n) is 13.6. The second-order valence-electron chi connectivity index (χ2n) is 11.0. The molecule has 1 amide bonds. The molecule has 208 valence electrons. The van der Waals surface area contributed by atoms with Crippen molar-refractivity contribution in [1.82, 2.24) is 14.2 Å². The maximum atomic E-state index is 13.2. The second-order valence-corrected chi connectivity index (χ2v) is 12.4. The fraction of sp³-hybridized carbons (Fsp3) is 0.414. The van der Waals surface area contributed by atoms with Gasteiger partial charge in [-0.25, -0.2) is 9.46 Å². The highest BCUT2D eigenvalue weighted by atomic mass is 31.2. The molecule has 7 atom stereocenters. The molecule has 3 aromatic rings. The van der Waals surface area contributed by atoms with Gasteiger partial charge in [0.15, 0.2) is 6.23 Å². The topological polar surface area (TPSA) is 104 Å². The van der Waals surface area contributed by atoms with Crippen molar-refractivity contribution in [3.63, 3.8) is 0 Å². The molecule has 4 fully saturated rings. The Labute approximate surface area is 233 Å².